The first kappa shape index (κ1) is 13.5. The molecule has 1 heterocycles. The van der Waals surface area contributed by atoms with E-state index in [1.807, 2.05) is 0 Å². The number of benzene rings is 1. The number of halogens is 6. The zero-order chi connectivity index (χ0) is 13.5. The van der Waals surface area contributed by atoms with E-state index in [1.165, 1.54) is 12.1 Å². The molecule has 8 heteroatoms. The monoisotopic (exact) mass is 314 g/mol. The SMILES string of the molecule is FC(F)(F)c1nccn1-c1cc(Cl)c(Cl)cc1Cl. The van der Waals surface area contributed by atoms with Crippen LogP contribution >= 0.6 is 34.8 Å². The van der Waals surface area contributed by atoms with Gasteiger partial charge in [-0.1, -0.05) is 34.8 Å². The van der Waals surface area contributed by atoms with E-state index in [4.69, 9.17) is 34.8 Å². The van der Waals surface area contributed by atoms with Gasteiger partial charge in [-0.05, 0) is 12.1 Å². The highest BCUT2D eigenvalue weighted by atomic mass is 35.5. The van der Waals surface area contributed by atoms with Crippen LogP contribution in [0.1, 0.15) is 5.82 Å². The van der Waals surface area contributed by atoms with Crippen LogP contribution in [0, 0.1) is 0 Å². The van der Waals surface area contributed by atoms with Gasteiger partial charge in [-0.15, -0.1) is 0 Å². The summed E-state index contributed by atoms with van der Waals surface area (Å²) in [6.45, 7) is 0. The molecule has 0 aliphatic carbocycles. The van der Waals surface area contributed by atoms with Crippen molar-refractivity contribution in [1.82, 2.24) is 9.55 Å². The van der Waals surface area contributed by atoms with Gasteiger partial charge in [-0.2, -0.15) is 13.2 Å². The topological polar surface area (TPSA) is 17.8 Å². The summed E-state index contributed by atoms with van der Waals surface area (Å²) in [5, 5.41) is 0.324. The molecule has 18 heavy (non-hydrogen) atoms. The minimum atomic E-state index is -4.58. The fourth-order valence-corrected chi connectivity index (χ4v) is 2.04. The van der Waals surface area contributed by atoms with Crippen LogP contribution in [-0.4, -0.2) is 9.55 Å². The number of nitrogens with zero attached hydrogens (tertiary/aromatic N) is 2. The molecule has 1 aromatic carbocycles. The second kappa shape index (κ2) is 4.64. The highest BCUT2D eigenvalue weighted by molar-refractivity contribution is 6.43. The van der Waals surface area contributed by atoms with Crippen LogP contribution in [0.2, 0.25) is 15.1 Å². The second-order valence-corrected chi connectivity index (χ2v) is 4.56. The summed E-state index contributed by atoms with van der Waals surface area (Å²) in [6.07, 6.45) is -2.41. The van der Waals surface area contributed by atoms with E-state index in [0.29, 0.717) is 0 Å². The highest BCUT2D eigenvalue weighted by Crippen LogP contribution is 2.35. The second-order valence-electron chi connectivity index (χ2n) is 3.34. The molecule has 96 valence electrons. The molecule has 0 N–H and O–H groups in total. The van der Waals surface area contributed by atoms with Crippen molar-refractivity contribution < 1.29 is 13.2 Å². The van der Waals surface area contributed by atoms with E-state index in [-0.39, 0.29) is 20.8 Å². The first-order valence-corrected chi connectivity index (χ1v) is 5.69. The van der Waals surface area contributed by atoms with Gasteiger partial charge in [-0.3, -0.25) is 4.57 Å². The Morgan fingerprint density at radius 1 is 1.00 bits per heavy atom. The van der Waals surface area contributed by atoms with Gasteiger partial charge in [0.05, 0.1) is 20.8 Å². The van der Waals surface area contributed by atoms with Crippen LogP contribution in [0.4, 0.5) is 13.2 Å². The van der Waals surface area contributed by atoms with Crippen molar-refractivity contribution in [2.45, 2.75) is 6.18 Å². The van der Waals surface area contributed by atoms with E-state index in [9.17, 15) is 13.2 Å². The van der Waals surface area contributed by atoms with Gasteiger partial charge >= 0.3 is 6.18 Å². The molecule has 0 spiro atoms. The predicted octanol–water partition coefficient (Wildman–Crippen LogP) is 4.85. The van der Waals surface area contributed by atoms with Crippen LogP contribution in [0.3, 0.4) is 0 Å². The first-order chi connectivity index (χ1) is 8.30. The first-order valence-electron chi connectivity index (χ1n) is 4.56. The maximum absolute atomic E-state index is 12.7. The standard InChI is InChI=1S/C10H4Cl3F3N2/c11-5-3-7(13)8(4-6(5)12)18-2-1-17-9(18)10(14,15)16/h1-4H. The number of imidazole rings is 1. The van der Waals surface area contributed by atoms with E-state index >= 15 is 0 Å². The minimum Gasteiger partial charge on any atom is -0.295 e. The summed E-state index contributed by atoms with van der Waals surface area (Å²) >= 11 is 17.3. The molecule has 0 radical (unpaired) electrons. The summed E-state index contributed by atoms with van der Waals surface area (Å²) in [5.74, 6) is -1.08. The third kappa shape index (κ3) is 2.43. The smallest absolute Gasteiger partial charge is 0.295 e. The van der Waals surface area contributed by atoms with Crippen LogP contribution in [0.25, 0.3) is 5.69 Å². The minimum absolute atomic E-state index is 0.0490. The Balaban J connectivity index is 2.64. The molecule has 2 rings (SSSR count). The predicted molar refractivity (Wildman–Crippen MR) is 63.6 cm³/mol. The van der Waals surface area contributed by atoms with Gasteiger partial charge in [-0.25, -0.2) is 4.98 Å². The Labute approximate surface area is 115 Å². The van der Waals surface area contributed by atoms with Gasteiger partial charge in [0.15, 0.2) is 0 Å². The molecule has 0 amide bonds. The Morgan fingerprint density at radius 2 is 1.61 bits per heavy atom. The molecule has 2 nitrogen and oxygen atoms in total. The molecule has 1 aromatic heterocycles. The average molecular weight is 316 g/mol. The lowest BCUT2D eigenvalue weighted by Gasteiger charge is -2.12. The van der Waals surface area contributed by atoms with Gasteiger partial charge in [0.1, 0.15) is 0 Å². The molecule has 0 aliphatic heterocycles. The molecule has 0 bridgehead atoms. The molecule has 0 unspecified atom stereocenters. The number of hydrogen-bond donors (Lipinski definition) is 0. The summed E-state index contributed by atoms with van der Waals surface area (Å²) < 4.78 is 38.9. The van der Waals surface area contributed by atoms with Gasteiger partial charge < -0.3 is 0 Å². The van der Waals surface area contributed by atoms with Crippen molar-refractivity contribution >= 4 is 34.8 Å². The van der Waals surface area contributed by atoms with E-state index < -0.39 is 12.0 Å². The zero-order valence-electron chi connectivity index (χ0n) is 8.47. The van der Waals surface area contributed by atoms with Crippen LogP contribution in [-0.2, 0) is 6.18 Å². The Kier molecular flexibility index (Phi) is 3.49. The van der Waals surface area contributed by atoms with Crippen molar-refractivity contribution in [3.63, 3.8) is 0 Å². The molecule has 0 atom stereocenters. The van der Waals surface area contributed by atoms with Gasteiger partial charge in [0.25, 0.3) is 0 Å². The molecule has 0 fully saturated rings. The van der Waals surface area contributed by atoms with Crippen molar-refractivity contribution in [2.24, 2.45) is 0 Å². The Morgan fingerprint density at radius 3 is 2.22 bits per heavy atom. The van der Waals surface area contributed by atoms with Crippen molar-refractivity contribution in [3.05, 3.63) is 45.4 Å². The average Bonchev–Trinajstić information content (AvgIpc) is 2.71. The summed E-state index contributed by atoms with van der Waals surface area (Å²) in [4.78, 5) is 3.26. The summed E-state index contributed by atoms with van der Waals surface area (Å²) in [6, 6.07) is 2.53. The number of aromatic nitrogens is 2. The number of rotatable bonds is 1. The quantitative estimate of drug-likeness (QED) is 0.688. The molecule has 0 saturated heterocycles. The Hall–Kier alpha value is -0.910. The third-order valence-corrected chi connectivity index (χ3v) is 3.17. The molecule has 2 aromatic rings. The number of hydrogen-bond acceptors (Lipinski definition) is 1. The van der Waals surface area contributed by atoms with E-state index in [0.717, 1.165) is 17.0 Å². The molecular weight excluding hydrogens is 311 g/mol. The van der Waals surface area contributed by atoms with Crippen molar-refractivity contribution in [2.75, 3.05) is 0 Å². The summed E-state index contributed by atoms with van der Waals surface area (Å²) in [7, 11) is 0. The van der Waals surface area contributed by atoms with Crippen molar-refractivity contribution in [3.8, 4) is 5.69 Å². The molecular formula is C10H4Cl3F3N2. The van der Waals surface area contributed by atoms with Crippen LogP contribution < -0.4 is 0 Å². The zero-order valence-corrected chi connectivity index (χ0v) is 10.7. The molecule has 0 aliphatic rings. The van der Waals surface area contributed by atoms with Crippen molar-refractivity contribution in [1.29, 1.82) is 0 Å². The fourth-order valence-electron chi connectivity index (χ4n) is 1.40. The van der Waals surface area contributed by atoms with Crippen LogP contribution in [0.15, 0.2) is 24.5 Å². The lowest BCUT2D eigenvalue weighted by molar-refractivity contribution is -0.145. The third-order valence-electron chi connectivity index (χ3n) is 2.14. The Bertz CT molecular complexity index is 593. The van der Waals surface area contributed by atoms with Crippen LogP contribution in [0.5, 0.6) is 0 Å². The normalized spacial score (nSPS) is 11.9. The fraction of sp³-hybridized carbons (Fsp3) is 0.100. The lowest BCUT2D eigenvalue weighted by atomic mass is 10.3. The highest BCUT2D eigenvalue weighted by Gasteiger charge is 2.36. The molecule has 0 saturated carbocycles. The van der Waals surface area contributed by atoms with E-state index in [2.05, 4.69) is 4.98 Å². The van der Waals surface area contributed by atoms with Gasteiger partial charge in [0.2, 0.25) is 5.82 Å². The van der Waals surface area contributed by atoms with Gasteiger partial charge in [0, 0.05) is 12.4 Å². The maximum atomic E-state index is 12.7. The summed E-state index contributed by atoms with van der Waals surface area (Å²) in [5.41, 5.74) is 0.0656. The lowest BCUT2D eigenvalue weighted by Crippen LogP contribution is -2.13. The maximum Gasteiger partial charge on any atom is 0.450 e. The van der Waals surface area contributed by atoms with E-state index in [1.54, 1.807) is 0 Å². The largest absolute Gasteiger partial charge is 0.450 e. The number of alkyl halides is 3.